The van der Waals surface area contributed by atoms with Gasteiger partial charge in [-0.05, 0) is 85.6 Å². The molecule has 2 saturated carbocycles. The average molecular weight is 870 g/mol. The maximum absolute atomic E-state index is 15.0. The van der Waals surface area contributed by atoms with E-state index in [2.05, 4.69) is 88.9 Å². The Hall–Kier alpha value is -1.95. The van der Waals surface area contributed by atoms with Crippen LogP contribution in [-0.4, -0.2) is 98.3 Å². The van der Waals surface area contributed by atoms with Crippen molar-refractivity contribution < 1.29 is 46.6 Å². The van der Waals surface area contributed by atoms with E-state index >= 15 is 0 Å². The van der Waals surface area contributed by atoms with Crippen molar-refractivity contribution in [2.45, 2.75) is 192 Å². The van der Waals surface area contributed by atoms with Crippen LogP contribution in [0.1, 0.15) is 99.4 Å². The predicted molar refractivity (Wildman–Crippen MR) is 236 cm³/mol. The van der Waals surface area contributed by atoms with E-state index in [0.717, 1.165) is 47.4 Å². The molecule has 0 N–H and O–H groups in total. The van der Waals surface area contributed by atoms with E-state index in [1.54, 1.807) is 18.2 Å². The van der Waals surface area contributed by atoms with Crippen molar-refractivity contribution in [3.63, 3.8) is 0 Å². The van der Waals surface area contributed by atoms with E-state index in [-0.39, 0.29) is 12.7 Å². The minimum atomic E-state index is -2.32. The molecule has 2 saturated heterocycles. The molecule has 2 bridgehead atoms. The second kappa shape index (κ2) is 17.3. The number of hydrogen-bond donors (Lipinski definition) is 0. The summed E-state index contributed by atoms with van der Waals surface area (Å²) in [7, 11) is -6.09. The summed E-state index contributed by atoms with van der Waals surface area (Å²) in [5, 5.41) is 0. The van der Waals surface area contributed by atoms with E-state index in [0.29, 0.717) is 18.4 Å². The summed E-state index contributed by atoms with van der Waals surface area (Å²) >= 11 is 0. The van der Waals surface area contributed by atoms with Crippen molar-refractivity contribution in [2.75, 3.05) is 6.61 Å². The van der Waals surface area contributed by atoms with Crippen LogP contribution in [0, 0.1) is 16.7 Å². The molecule has 2 heterocycles. The number of benzene rings is 1. The summed E-state index contributed by atoms with van der Waals surface area (Å²) in [6, 6.07) is 14.9. The fraction of sp³-hybridized carbons (Fsp3) is 0.739. The third kappa shape index (κ3) is 7.47. The first kappa shape index (κ1) is 46.6. The summed E-state index contributed by atoms with van der Waals surface area (Å²) < 4.78 is 57.8. The summed E-state index contributed by atoms with van der Waals surface area (Å²) in [6.45, 7) is 32.4. The Morgan fingerprint density at radius 3 is 2.02 bits per heavy atom. The number of esters is 2. The molecule has 1 aromatic carbocycles. The van der Waals surface area contributed by atoms with Crippen LogP contribution in [0.3, 0.4) is 0 Å². The normalized spacial score (nSPS) is 36.4. The minimum absolute atomic E-state index is 0.135. The number of hydrogen-bond acceptors (Lipinski definition) is 10. The number of carbonyl (C=O) groups excluding carboxylic acids is 2. The van der Waals surface area contributed by atoms with Crippen molar-refractivity contribution in [1.29, 1.82) is 0 Å². The summed E-state index contributed by atoms with van der Waals surface area (Å²) in [6.07, 6.45) is -1.54. The summed E-state index contributed by atoms with van der Waals surface area (Å²) in [5.74, 6) is -1.60. The molecule has 0 spiro atoms. The van der Waals surface area contributed by atoms with Crippen molar-refractivity contribution in [1.82, 2.24) is 0 Å². The van der Waals surface area contributed by atoms with E-state index in [1.165, 1.54) is 6.92 Å². The number of rotatable bonds is 16. The molecule has 6 rings (SSSR count). The lowest BCUT2D eigenvalue weighted by Gasteiger charge is -2.70. The Balaban J connectivity index is 1.76. The highest BCUT2D eigenvalue weighted by molar-refractivity contribution is 6.74. The van der Waals surface area contributed by atoms with Gasteiger partial charge in [0.2, 0.25) is 9.04 Å². The highest BCUT2D eigenvalue weighted by Gasteiger charge is 2.80. The van der Waals surface area contributed by atoms with Crippen LogP contribution in [0.25, 0.3) is 0 Å². The molecule has 0 aromatic heterocycles. The lowest BCUT2D eigenvalue weighted by Crippen LogP contribution is -2.83. The molecule has 5 aliphatic rings. The lowest BCUT2D eigenvalue weighted by atomic mass is 9.44. The third-order valence-corrected chi connectivity index (χ3v) is 25.9. The van der Waals surface area contributed by atoms with Crippen LogP contribution in [0.15, 0.2) is 54.1 Å². The van der Waals surface area contributed by atoms with Gasteiger partial charge in [-0.15, -0.1) is 0 Å². The molecule has 1 radical (unpaired) electrons. The molecule has 10 nitrogen and oxygen atoms in total. The van der Waals surface area contributed by atoms with Crippen LogP contribution in [-0.2, 0) is 41.8 Å². The SMILES string of the molecule is C=CC1OC2C3=C(C)C(O[Si](CC)(CC)CC)CC(O[Si](C)C)(C(OC(=O)c4ccccc4)C4C5(OC(C)=O)COC5CC(O[Si](CC)(CC)CC)[C@@]4(C)C2O1)C3(C)C. The Morgan fingerprint density at radius 1 is 0.915 bits per heavy atom. The molecule has 11 atom stereocenters. The zero-order chi connectivity index (χ0) is 43.3. The van der Waals surface area contributed by atoms with Gasteiger partial charge >= 0.3 is 11.9 Å². The highest BCUT2D eigenvalue weighted by Crippen LogP contribution is 2.68. The van der Waals surface area contributed by atoms with Gasteiger partial charge in [0.1, 0.15) is 23.9 Å². The van der Waals surface area contributed by atoms with Gasteiger partial charge in [0, 0.05) is 30.6 Å². The van der Waals surface area contributed by atoms with Gasteiger partial charge in [0.25, 0.3) is 0 Å². The average Bonchev–Trinajstić information content (AvgIpc) is 3.64. The molecular weight excluding hydrogens is 797 g/mol. The fourth-order valence-corrected chi connectivity index (χ4v) is 19.1. The van der Waals surface area contributed by atoms with Crippen molar-refractivity contribution in [2.24, 2.45) is 16.7 Å². The second-order valence-corrected chi connectivity index (χ2v) is 30.3. The molecule has 1 aromatic rings. The largest absolute Gasteiger partial charge is 0.455 e. The molecule has 59 heavy (non-hydrogen) atoms. The first-order valence-electron chi connectivity index (χ1n) is 22.4. The van der Waals surface area contributed by atoms with Crippen molar-refractivity contribution >= 4 is 37.6 Å². The molecule has 3 aliphatic carbocycles. The van der Waals surface area contributed by atoms with Gasteiger partial charge in [0.15, 0.2) is 28.5 Å². The Kier molecular flexibility index (Phi) is 13.7. The van der Waals surface area contributed by atoms with Crippen LogP contribution < -0.4 is 0 Å². The predicted octanol–water partition coefficient (Wildman–Crippen LogP) is 9.78. The smallest absolute Gasteiger partial charge is 0.338 e. The van der Waals surface area contributed by atoms with Gasteiger partial charge in [0.05, 0.1) is 36.4 Å². The van der Waals surface area contributed by atoms with E-state index in [1.807, 2.05) is 18.2 Å². The van der Waals surface area contributed by atoms with E-state index in [4.69, 9.17) is 37.0 Å². The number of ether oxygens (including phenoxy) is 5. The monoisotopic (exact) mass is 869 g/mol. The molecule has 2 aliphatic heterocycles. The standard InChI is InChI=1S/C46H73O10Si3/c1-15-36-50-38-37-30(8)33(54-58(16-2,17-3)18-4)28-46(43(37,10)11,56-57(13)14)41(52-42(48)32-25-23-22-24-26-32)39-44(12,40(38)51-36)34(55-59(19-5,20-6)21-7)27-35-45(39,29-49-35)53-31(9)47/h15,22-26,33-36,38-41H,1,16-21,27-29H2,2-14H3/t33?,34?,35?,36?,38?,39?,40?,41?,44-,45?,46?/m1/s1. The summed E-state index contributed by atoms with van der Waals surface area (Å²) in [5.41, 5.74) is -1.55. The van der Waals surface area contributed by atoms with Gasteiger partial charge in [-0.2, -0.15) is 0 Å². The maximum Gasteiger partial charge on any atom is 0.338 e. The molecule has 4 fully saturated rings. The summed E-state index contributed by atoms with van der Waals surface area (Å²) in [4.78, 5) is 28.6. The highest BCUT2D eigenvalue weighted by atomic mass is 28.4. The first-order valence-corrected chi connectivity index (χ1v) is 29.9. The van der Waals surface area contributed by atoms with Crippen molar-refractivity contribution in [3.05, 3.63) is 59.7 Å². The molecule has 329 valence electrons. The van der Waals surface area contributed by atoms with E-state index in [9.17, 15) is 9.59 Å². The third-order valence-electron chi connectivity index (χ3n) is 15.8. The molecule has 13 heteroatoms. The van der Waals surface area contributed by atoms with Gasteiger partial charge < -0.3 is 37.0 Å². The van der Waals surface area contributed by atoms with Crippen LogP contribution in [0.5, 0.6) is 0 Å². The van der Waals surface area contributed by atoms with Gasteiger partial charge in [-0.1, -0.05) is 87.1 Å². The van der Waals surface area contributed by atoms with Crippen LogP contribution in [0.4, 0.5) is 0 Å². The Labute approximate surface area is 358 Å². The number of carbonyl (C=O) groups is 2. The zero-order valence-electron chi connectivity index (χ0n) is 38.2. The topological polar surface area (TPSA) is 108 Å². The quantitative estimate of drug-likeness (QED) is 0.0906. The van der Waals surface area contributed by atoms with E-state index < -0.39 is 102 Å². The van der Waals surface area contributed by atoms with Gasteiger partial charge in [-0.3, -0.25) is 4.79 Å². The molecule has 0 amide bonds. The maximum atomic E-state index is 15.0. The van der Waals surface area contributed by atoms with Gasteiger partial charge in [-0.25, -0.2) is 4.79 Å². The Morgan fingerprint density at radius 2 is 1.51 bits per heavy atom. The minimum Gasteiger partial charge on any atom is -0.455 e. The fourth-order valence-electron chi connectivity index (χ4n) is 12.1. The second-order valence-electron chi connectivity index (χ2n) is 18.9. The molecular formula is C46H73O10Si3. The number of fused-ring (bicyclic) bond motifs is 8. The van der Waals surface area contributed by atoms with Crippen LogP contribution in [0.2, 0.25) is 49.4 Å². The Bertz CT molecular complexity index is 1710. The zero-order valence-corrected chi connectivity index (χ0v) is 41.2. The molecule has 10 unspecified atom stereocenters. The first-order chi connectivity index (χ1) is 27.9. The van der Waals surface area contributed by atoms with Crippen molar-refractivity contribution in [3.8, 4) is 0 Å². The van der Waals surface area contributed by atoms with Crippen LogP contribution >= 0.6 is 0 Å². The lowest BCUT2D eigenvalue weighted by molar-refractivity contribution is -0.358.